The Morgan fingerprint density at radius 2 is 1.83 bits per heavy atom. The Labute approximate surface area is 114 Å². The van der Waals surface area contributed by atoms with Crippen LogP contribution in [0.2, 0.25) is 0 Å². The number of benzene rings is 1. The average molecular weight is 310 g/mol. The van der Waals surface area contributed by atoms with Crippen molar-refractivity contribution >= 4 is 15.9 Å². The zero-order valence-electron chi connectivity index (χ0n) is 9.85. The van der Waals surface area contributed by atoms with E-state index >= 15 is 0 Å². The zero-order chi connectivity index (χ0) is 13.1. The number of rotatable bonds is 3. The van der Waals surface area contributed by atoms with Crippen molar-refractivity contribution in [2.45, 2.75) is 18.9 Å². The standard InChI is InChI=1S/C14H13BrFNO/c1-9(10-4-6-17-7-5-10)14(18)11-2-3-13(16)12(15)8-11/h2-9,14,18H,1H3. The summed E-state index contributed by atoms with van der Waals surface area (Å²) in [5, 5.41) is 10.3. The van der Waals surface area contributed by atoms with Crippen LogP contribution in [0.15, 0.2) is 47.2 Å². The fraction of sp³-hybridized carbons (Fsp3) is 0.214. The molecule has 0 aliphatic carbocycles. The maximum atomic E-state index is 13.1. The van der Waals surface area contributed by atoms with Crippen LogP contribution < -0.4 is 0 Å². The Balaban J connectivity index is 2.25. The molecule has 2 nitrogen and oxygen atoms in total. The molecule has 0 aliphatic rings. The van der Waals surface area contributed by atoms with Gasteiger partial charge in [-0.3, -0.25) is 4.98 Å². The highest BCUT2D eigenvalue weighted by Gasteiger charge is 2.18. The van der Waals surface area contributed by atoms with Crippen LogP contribution in [0.1, 0.15) is 30.1 Å². The van der Waals surface area contributed by atoms with Gasteiger partial charge in [0, 0.05) is 18.3 Å². The quantitative estimate of drug-likeness (QED) is 0.935. The highest BCUT2D eigenvalue weighted by molar-refractivity contribution is 9.10. The van der Waals surface area contributed by atoms with Gasteiger partial charge < -0.3 is 5.11 Å². The molecule has 2 atom stereocenters. The molecule has 2 rings (SSSR count). The molecule has 18 heavy (non-hydrogen) atoms. The van der Waals surface area contributed by atoms with Crippen molar-refractivity contribution in [2.75, 3.05) is 0 Å². The first-order chi connectivity index (χ1) is 8.59. The first-order valence-corrected chi connectivity index (χ1v) is 6.42. The second-order valence-corrected chi connectivity index (χ2v) is 5.04. The summed E-state index contributed by atoms with van der Waals surface area (Å²) in [5.41, 5.74) is 1.69. The van der Waals surface area contributed by atoms with E-state index in [1.54, 1.807) is 24.5 Å². The van der Waals surface area contributed by atoms with Crippen molar-refractivity contribution in [3.8, 4) is 0 Å². The van der Waals surface area contributed by atoms with Gasteiger partial charge >= 0.3 is 0 Å². The molecule has 0 fully saturated rings. The van der Waals surface area contributed by atoms with Gasteiger partial charge in [0.1, 0.15) is 5.82 Å². The van der Waals surface area contributed by atoms with Crippen LogP contribution in [0.3, 0.4) is 0 Å². The summed E-state index contributed by atoms with van der Waals surface area (Å²) in [4.78, 5) is 3.95. The number of aliphatic hydroxyl groups is 1. The third-order valence-electron chi connectivity index (χ3n) is 2.99. The predicted molar refractivity (Wildman–Crippen MR) is 71.7 cm³/mol. The smallest absolute Gasteiger partial charge is 0.137 e. The molecule has 1 heterocycles. The Morgan fingerprint density at radius 3 is 2.44 bits per heavy atom. The van der Waals surface area contributed by atoms with Gasteiger partial charge in [-0.15, -0.1) is 0 Å². The van der Waals surface area contributed by atoms with Gasteiger partial charge in [0.15, 0.2) is 0 Å². The molecule has 94 valence electrons. The number of pyridine rings is 1. The van der Waals surface area contributed by atoms with E-state index in [4.69, 9.17) is 0 Å². The lowest BCUT2D eigenvalue weighted by molar-refractivity contribution is 0.151. The molecule has 0 bridgehead atoms. The van der Waals surface area contributed by atoms with Crippen LogP contribution in [0.25, 0.3) is 0 Å². The van der Waals surface area contributed by atoms with E-state index in [1.807, 2.05) is 19.1 Å². The van der Waals surface area contributed by atoms with E-state index in [9.17, 15) is 9.50 Å². The SMILES string of the molecule is CC(c1ccncc1)C(O)c1ccc(F)c(Br)c1. The number of aromatic nitrogens is 1. The molecule has 0 saturated heterocycles. The first-order valence-electron chi connectivity index (χ1n) is 5.62. The number of hydrogen-bond acceptors (Lipinski definition) is 2. The number of halogens is 2. The maximum absolute atomic E-state index is 13.1. The largest absolute Gasteiger partial charge is 0.388 e. The monoisotopic (exact) mass is 309 g/mol. The first kappa shape index (κ1) is 13.2. The van der Waals surface area contributed by atoms with E-state index in [0.717, 1.165) is 5.56 Å². The maximum Gasteiger partial charge on any atom is 0.137 e. The molecule has 0 aliphatic heterocycles. The van der Waals surface area contributed by atoms with Gasteiger partial charge in [0.05, 0.1) is 10.6 Å². The molecule has 0 radical (unpaired) electrons. The lowest BCUT2D eigenvalue weighted by Crippen LogP contribution is -2.08. The minimum atomic E-state index is -0.677. The van der Waals surface area contributed by atoms with Crippen molar-refractivity contribution in [2.24, 2.45) is 0 Å². The summed E-state index contributed by atoms with van der Waals surface area (Å²) in [6.07, 6.45) is 2.71. The van der Waals surface area contributed by atoms with E-state index in [2.05, 4.69) is 20.9 Å². The van der Waals surface area contributed by atoms with Crippen LogP contribution in [-0.4, -0.2) is 10.1 Å². The molecule has 2 unspecified atom stereocenters. The third kappa shape index (κ3) is 2.76. The number of hydrogen-bond donors (Lipinski definition) is 1. The Bertz CT molecular complexity index is 533. The molecule has 0 spiro atoms. The second kappa shape index (κ2) is 5.59. The summed E-state index contributed by atoms with van der Waals surface area (Å²) >= 11 is 3.12. The summed E-state index contributed by atoms with van der Waals surface area (Å²) in [6, 6.07) is 8.29. The Hall–Kier alpha value is -1.26. The van der Waals surface area contributed by atoms with Gasteiger partial charge in [-0.25, -0.2) is 4.39 Å². The fourth-order valence-corrected chi connectivity index (χ4v) is 2.23. The number of aliphatic hydroxyl groups excluding tert-OH is 1. The van der Waals surface area contributed by atoms with Crippen molar-refractivity contribution < 1.29 is 9.50 Å². The van der Waals surface area contributed by atoms with Gasteiger partial charge in [0.2, 0.25) is 0 Å². The van der Waals surface area contributed by atoms with Crippen molar-refractivity contribution in [1.29, 1.82) is 0 Å². The van der Waals surface area contributed by atoms with E-state index < -0.39 is 6.10 Å². The predicted octanol–water partition coefficient (Wildman–Crippen LogP) is 3.82. The van der Waals surface area contributed by atoms with Gasteiger partial charge in [0.25, 0.3) is 0 Å². The molecule has 0 amide bonds. The second-order valence-electron chi connectivity index (χ2n) is 4.19. The Morgan fingerprint density at radius 1 is 1.17 bits per heavy atom. The summed E-state index contributed by atoms with van der Waals surface area (Å²) in [5.74, 6) is -0.409. The van der Waals surface area contributed by atoms with E-state index in [0.29, 0.717) is 10.0 Å². The highest BCUT2D eigenvalue weighted by atomic mass is 79.9. The lowest BCUT2D eigenvalue weighted by Gasteiger charge is -2.19. The van der Waals surface area contributed by atoms with E-state index in [1.165, 1.54) is 6.07 Å². The van der Waals surface area contributed by atoms with Crippen LogP contribution in [0, 0.1) is 5.82 Å². The van der Waals surface area contributed by atoms with Crippen LogP contribution >= 0.6 is 15.9 Å². The van der Waals surface area contributed by atoms with Crippen molar-refractivity contribution in [1.82, 2.24) is 4.98 Å². The Kier molecular flexibility index (Phi) is 4.09. The lowest BCUT2D eigenvalue weighted by atomic mass is 9.91. The molecule has 2 aromatic rings. The third-order valence-corrected chi connectivity index (χ3v) is 3.60. The van der Waals surface area contributed by atoms with Gasteiger partial charge in [-0.05, 0) is 51.3 Å². The van der Waals surface area contributed by atoms with Crippen LogP contribution in [0.4, 0.5) is 4.39 Å². The summed E-state index contributed by atoms with van der Waals surface area (Å²) in [7, 11) is 0. The molecule has 1 N–H and O–H groups in total. The molecular formula is C14H13BrFNO. The van der Waals surface area contributed by atoms with E-state index in [-0.39, 0.29) is 11.7 Å². The summed E-state index contributed by atoms with van der Waals surface area (Å²) < 4.78 is 13.5. The summed E-state index contributed by atoms with van der Waals surface area (Å²) in [6.45, 7) is 1.93. The normalized spacial score (nSPS) is 14.2. The average Bonchev–Trinajstić information content (AvgIpc) is 2.41. The molecule has 1 aromatic carbocycles. The van der Waals surface area contributed by atoms with Gasteiger partial charge in [-0.2, -0.15) is 0 Å². The number of nitrogens with zero attached hydrogens (tertiary/aromatic N) is 1. The highest BCUT2D eigenvalue weighted by Crippen LogP contribution is 2.31. The van der Waals surface area contributed by atoms with Gasteiger partial charge in [-0.1, -0.05) is 13.0 Å². The van der Waals surface area contributed by atoms with Crippen LogP contribution in [-0.2, 0) is 0 Å². The molecule has 0 saturated carbocycles. The minimum Gasteiger partial charge on any atom is -0.388 e. The molecular weight excluding hydrogens is 297 g/mol. The van der Waals surface area contributed by atoms with Crippen LogP contribution in [0.5, 0.6) is 0 Å². The zero-order valence-corrected chi connectivity index (χ0v) is 11.4. The topological polar surface area (TPSA) is 33.1 Å². The van der Waals surface area contributed by atoms with Crippen molar-refractivity contribution in [3.63, 3.8) is 0 Å². The molecule has 4 heteroatoms. The molecule has 1 aromatic heterocycles. The van der Waals surface area contributed by atoms with Crippen molar-refractivity contribution in [3.05, 3.63) is 64.1 Å². The minimum absolute atomic E-state index is 0.0784. The fourth-order valence-electron chi connectivity index (χ4n) is 1.83.